The van der Waals surface area contributed by atoms with Crippen molar-refractivity contribution in [2.75, 3.05) is 6.61 Å². The standard InChI is InChI=1S/C12H15FN2O/c13-8-3-4-9-10(7-15-12(9)6-8)11(14)2-1-5-16/h3-4,6-7,11,15-16H,1-2,5,14H2/t11-/m0/s1. The fraction of sp³-hybridized carbons (Fsp3) is 0.333. The van der Waals surface area contributed by atoms with E-state index in [0.717, 1.165) is 22.9 Å². The third-order valence-corrected chi connectivity index (χ3v) is 2.75. The van der Waals surface area contributed by atoms with E-state index in [9.17, 15) is 4.39 Å². The SMILES string of the molecule is N[C@@H](CCCO)c1c[nH]c2cc(F)ccc12. The second-order valence-electron chi connectivity index (χ2n) is 3.91. The third-order valence-electron chi connectivity index (χ3n) is 2.75. The predicted molar refractivity (Wildman–Crippen MR) is 61.5 cm³/mol. The van der Waals surface area contributed by atoms with Crippen LogP contribution in [0, 0.1) is 5.82 Å². The maximum absolute atomic E-state index is 13.0. The molecule has 0 spiro atoms. The van der Waals surface area contributed by atoms with Crippen LogP contribution >= 0.6 is 0 Å². The number of fused-ring (bicyclic) bond motifs is 1. The summed E-state index contributed by atoms with van der Waals surface area (Å²) < 4.78 is 13.0. The van der Waals surface area contributed by atoms with Crippen LogP contribution in [0.15, 0.2) is 24.4 Å². The van der Waals surface area contributed by atoms with Gasteiger partial charge in [0.1, 0.15) is 5.82 Å². The zero-order valence-corrected chi connectivity index (χ0v) is 8.91. The number of halogens is 1. The first-order valence-electron chi connectivity index (χ1n) is 5.35. The summed E-state index contributed by atoms with van der Waals surface area (Å²) in [6.07, 6.45) is 3.21. The van der Waals surface area contributed by atoms with Crippen molar-refractivity contribution < 1.29 is 9.50 Å². The van der Waals surface area contributed by atoms with E-state index < -0.39 is 0 Å². The molecule has 0 aliphatic heterocycles. The minimum absolute atomic E-state index is 0.119. The van der Waals surface area contributed by atoms with E-state index in [1.54, 1.807) is 6.07 Å². The zero-order chi connectivity index (χ0) is 11.5. The Labute approximate surface area is 93.1 Å². The summed E-state index contributed by atoms with van der Waals surface area (Å²) in [4.78, 5) is 3.00. The minimum Gasteiger partial charge on any atom is -0.396 e. The summed E-state index contributed by atoms with van der Waals surface area (Å²) >= 11 is 0. The average molecular weight is 222 g/mol. The molecule has 1 aromatic heterocycles. The highest BCUT2D eigenvalue weighted by Crippen LogP contribution is 2.25. The van der Waals surface area contributed by atoms with Gasteiger partial charge in [0.25, 0.3) is 0 Å². The van der Waals surface area contributed by atoms with Crippen LogP contribution in [0.5, 0.6) is 0 Å². The second-order valence-corrected chi connectivity index (χ2v) is 3.91. The van der Waals surface area contributed by atoms with Crippen molar-refractivity contribution >= 4 is 10.9 Å². The van der Waals surface area contributed by atoms with Crippen molar-refractivity contribution in [3.63, 3.8) is 0 Å². The molecule has 16 heavy (non-hydrogen) atoms. The van der Waals surface area contributed by atoms with E-state index in [4.69, 9.17) is 10.8 Å². The number of hydrogen-bond donors (Lipinski definition) is 3. The summed E-state index contributed by atoms with van der Waals surface area (Å²) in [5.41, 5.74) is 7.74. The van der Waals surface area contributed by atoms with Gasteiger partial charge in [0.05, 0.1) is 0 Å². The molecule has 0 bridgehead atoms. The van der Waals surface area contributed by atoms with Crippen LogP contribution in [0.3, 0.4) is 0 Å². The fourth-order valence-electron chi connectivity index (χ4n) is 1.89. The molecule has 2 rings (SSSR count). The molecule has 0 fully saturated rings. The number of benzene rings is 1. The third kappa shape index (κ3) is 2.08. The quantitative estimate of drug-likeness (QED) is 0.741. The molecule has 0 aliphatic rings. The molecule has 2 aromatic rings. The van der Waals surface area contributed by atoms with E-state index in [2.05, 4.69) is 4.98 Å². The number of aliphatic hydroxyl groups is 1. The van der Waals surface area contributed by atoms with Crippen molar-refractivity contribution in [3.8, 4) is 0 Å². The van der Waals surface area contributed by atoms with Gasteiger partial charge in [-0.15, -0.1) is 0 Å². The van der Waals surface area contributed by atoms with E-state index in [1.807, 2.05) is 6.20 Å². The lowest BCUT2D eigenvalue weighted by Crippen LogP contribution is -2.10. The Morgan fingerprint density at radius 1 is 1.44 bits per heavy atom. The van der Waals surface area contributed by atoms with Gasteiger partial charge < -0.3 is 15.8 Å². The number of nitrogens with one attached hydrogen (secondary N) is 1. The lowest BCUT2D eigenvalue weighted by molar-refractivity contribution is 0.280. The number of H-pyrrole nitrogens is 1. The summed E-state index contributed by atoms with van der Waals surface area (Å²) in [6.45, 7) is 0.144. The van der Waals surface area contributed by atoms with Crippen LogP contribution in [0.4, 0.5) is 4.39 Å². The van der Waals surface area contributed by atoms with Gasteiger partial charge in [0.2, 0.25) is 0 Å². The number of aliphatic hydroxyl groups excluding tert-OH is 1. The monoisotopic (exact) mass is 222 g/mol. The molecule has 4 N–H and O–H groups in total. The second kappa shape index (κ2) is 4.63. The highest BCUT2D eigenvalue weighted by atomic mass is 19.1. The molecule has 86 valence electrons. The molecule has 4 heteroatoms. The maximum Gasteiger partial charge on any atom is 0.125 e. The van der Waals surface area contributed by atoms with Crippen LogP contribution in [-0.4, -0.2) is 16.7 Å². The lowest BCUT2D eigenvalue weighted by atomic mass is 10.0. The number of nitrogens with two attached hydrogens (primary N) is 1. The smallest absolute Gasteiger partial charge is 0.125 e. The summed E-state index contributed by atoms with van der Waals surface area (Å²) in [6, 6.07) is 4.50. The van der Waals surface area contributed by atoms with Crippen LogP contribution in [0.1, 0.15) is 24.4 Å². The lowest BCUT2D eigenvalue weighted by Gasteiger charge is -2.09. The summed E-state index contributed by atoms with van der Waals surface area (Å²) in [5.74, 6) is -0.259. The molecule has 0 saturated heterocycles. The maximum atomic E-state index is 13.0. The Kier molecular flexibility index (Phi) is 3.22. The van der Waals surface area contributed by atoms with Crippen LogP contribution in [0.2, 0.25) is 0 Å². The van der Waals surface area contributed by atoms with Gasteiger partial charge in [-0.2, -0.15) is 0 Å². The number of aromatic amines is 1. The van der Waals surface area contributed by atoms with E-state index in [1.165, 1.54) is 12.1 Å². The van der Waals surface area contributed by atoms with Crippen LogP contribution in [-0.2, 0) is 0 Å². The fourth-order valence-corrected chi connectivity index (χ4v) is 1.89. The van der Waals surface area contributed by atoms with Gasteiger partial charge in [0.15, 0.2) is 0 Å². The first kappa shape index (κ1) is 11.1. The normalized spacial score (nSPS) is 13.2. The molecule has 0 aliphatic carbocycles. The molecule has 0 unspecified atom stereocenters. The molecule has 1 heterocycles. The van der Waals surface area contributed by atoms with E-state index in [-0.39, 0.29) is 18.5 Å². The largest absolute Gasteiger partial charge is 0.396 e. The van der Waals surface area contributed by atoms with Crippen molar-refractivity contribution in [2.24, 2.45) is 5.73 Å². The minimum atomic E-state index is -0.259. The number of aromatic nitrogens is 1. The Bertz CT molecular complexity index is 481. The summed E-state index contributed by atoms with van der Waals surface area (Å²) in [7, 11) is 0. The molecule has 1 atom stereocenters. The Balaban J connectivity index is 2.31. The molecule has 1 aromatic carbocycles. The van der Waals surface area contributed by atoms with Gasteiger partial charge in [-0.1, -0.05) is 0 Å². The van der Waals surface area contributed by atoms with Crippen molar-refractivity contribution in [3.05, 3.63) is 35.8 Å². The summed E-state index contributed by atoms with van der Waals surface area (Å²) in [5, 5.41) is 9.70. The topological polar surface area (TPSA) is 62.0 Å². The molecule has 0 saturated carbocycles. The van der Waals surface area contributed by atoms with Gasteiger partial charge in [-0.25, -0.2) is 4.39 Å². The highest BCUT2D eigenvalue weighted by Gasteiger charge is 2.11. The van der Waals surface area contributed by atoms with Gasteiger partial charge in [0, 0.05) is 29.7 Å². The van der Waals surface area contributed by atoms with Crippen molar-refractivity contribution in [1.29, 1.82) is 0 Å². The Morgan fingerprint density at radius 2 is 2.25 bits per heavy atom. The average Bonchev–Trinajstić information content (AvgIpc) is 2.68. The number of rotatable bonds is 4. The molecular formula is C12H15FN2O. The molecule has 3 nitrogen and oxygen atoms in total. The molecular weight excluding hydrogens is 207 g/mol. The Hall–Kier alpha value is -1.39. The van der Waals surface area contributed by atoms with Gasteiger partial charge >= 0.3 is 0 Å². The van der Waals surface area contributed by atoms with Gasteiger partial charge in [-0.05, 0) is 36.6 Å². The first-order chi connectivity index (χ1) is 7.72. The van der Waals surface area contributed by atoms with Crippen LogP contribution in [0.25, 0.3) is 10.9 Å². The van der Waals surface area contributed by atoms with Gasteiger partial charge in [-0.3, -0.25) is 0 Å². The Morgan fingerprint density at radius 3 is 3.00 bits per heavy atom. The van der Waals surface area contributed by atoms with Crippen LogP contribution < -0.4 is 5.73 Å². The van der Waals surface area contributed by atoms with E-state index >= 15 is 0 Å². The van der Waals surface area contributed by atoms with Crippen molar-refractivity contribution in [2.45, 2.75) is 18.9 Å². The zero-order valence-electron chi connectivity index (χ0n) is 8.91. The molecule has 0 radical (unpaired) electrons. The van der Waals surface area contributed by atoms with Crippen molar-refractivity contribution in [1.82, 2.24) is 4.98 Å². The first-order valence-corrected chi connectivity index (χ1v) is 5.35. The van der Waals surface area contributed by atoms with E-state index in [0.29, 0.717) is 6.42 Å². The molecule has 0 amide bonds. The highest BCUT2D eigenvalue weighted by molar-refractivity contribution is 5.83. The predicted octanol–water partition coefficient (Wildman–Crippen LogP) is 2.08. The number of hydrogen-bond acceptors (Lipinski definition) is 2.